The number of aromatic nitrogens is 4. The molecule has 4 unspecified atom stereocenters. The molecule has 31 heteroatoms. The van der Waals surface area contributed by atoms with E-state index in [9.17, 15) is 39.4 Å². The fourth-order valence-electron chi connectivity index (χ4n) is 4.34. The summed E-state index contributed by atoms with van der Waals surface area (Å²) in [6.07, 6.45) is -2.37. The molecule has 2 aliphatic rings. The predicted octanol–water partition coefficient (Wildman–Crippen LogP) is -0.373. The number of hydrogen-bond donors (Lipinski definition) is 1. The van der Waals surface area contributed by atoms with Crippen LogP contribution in [0.3, 0.4) is 0 Å². The molecule has 2 aliphatic heterocycles. The predicted molar refractivity (Wildman–Crippen MR) is 245 cm³/mol. The number of ether oxygens (including phenoxy) is 5. The number of ketones is 1. The number of carbonyl (C=O) groups is 5. The smallest absolute Gasteiger partial charge is 1.00 e. The normalized spacial score (nSPS) is 14.3. The summed E-state index contributed by atoms with van der Waals surface area (Å²) in [6.45, 7) is 6.04. The minimum atomic E-state index is -0.995. The molecule has 360 valence electrons. The summed E-state index contributed by atoms with van der Waals surface area (Å²) in [5.41, 5.74) is 1.22. The first-order valence-corrected chi connectivity index (χ1v) is 21.8. The minimum absolute atomic E-state index is 0. The van der Waals surface area contributed by atoms with E-state index >= 15 is 0 Å². The van der Waals surface area contributed by atoms with Crippen LogP contribution in [0, 0.1) is 20.2 Å². The Balaban J connectivity index is -0.000000780. The number of anilines is 1. The van der Waals surface area contributed by atoms with Crippen LogP contribution in [-0.2, 0) is 44.8 Å². The zero-order chi connectivity index (χ0) is 50.4. The van der Waals surface area contributed by atoms with Crippen molar-refractivity contribution in [2.24, 2.45) is 0 Å². The number of esters is 2. The minimum Gasteiger partial charge on any atom is -1.00 e. The Bertz CT molecular complexity index is 2370. The molecular weight excluding hydrogens is 1290 g/mol. The molecule has 0 bridgehead atoms. The maximum absolute atomic E-state index is 11.5. The Morgan fingerprint density at radius 3 is 1.72 bits per heavy atom. The molecule has 4 atom stereocenters. The average molecular weight is 1330 g/mol. The SMILES string of the molecule is CC1Oc2nc(Br)ccc2CC1=O.CC1Oc2nc(Br)ccc2N(C)C1=O.COC(=O)C(C)O.COC(=O)C(C)Oc1nc(Br)ccc1[N+](=O)[O-].O=CO[O-].O=[N+]([O-])c1ccc(Br)nc1Br.[H-].[K+].[K+]. The van der Waals surface area contributed by atoms with Gasteiger partial charge in [-0.05, 0) is 138 Å². The van der Waals surface area contributed by atoms with Gasteiger partial charge in [0.25, 0.3) is 18.3 Å². The van der Waals surface area contributed by atoms with Gasteiger partial charge < -0.3 is 45.3 Å². The number of likely N-dealkylation sites (N-methyl/N-ethyl adjacent to an activating group) is 1. The molecule has 0 radical (unpaired) electrons. The van der Waals surface area contributed by atoms with Crippen LogP contribution < -0.4 is 127 Å². The second-order valence-electron chi connectivity index (χ2n) is 12.2. The van der Waals surface area contributed by atoms with Crippen LogP contribution in [0.25, 0.3) is 0 Å². The van der Waals surface area contributed by atoms with Gasteiger partial charge in [-0.3, -0.25) is 34.6 Å². The van der Waals surface area contributed by atoms with Gasteiger partial charge in [0, 0.05) is 31.2 Å². The third-order valence-corrected chi connectivity index (χ3v) is 9.89. The number of carbonyl (C=O) groups excluding carboxylic acids is 5. The van der Waals surface area contributed by atoms with Crippen molar-refractivity contribution >= 4 is 127 Å². The number of pyridine rings is 4. The molecule has 24 nitrogen and oxygen atoms in total. The molecule has 0 aliphatic carbocycles. The molecule has 1 N–H and O–H groups in total. The van der Waals surface area contributed by atoms with Gasteiger partial charge in [-0.25, -0.2) is 29.5 Å². The summed E-state index contributed by atoms with van der Waals surface area (Å²) in [5, 5.41) is 37.7. The van der Waals surface area contributed by atoms with Gasteiger partial charge in [-0.15, -0.1) is 0 Å². The molecular formula is C37H38Br5K2N7O17. The Labute approximate surface area is 515 Å². The number of fused-ring (bicyclic) bond motifs is 2. The molecule has 6 heterocycles. The van der Waals surface area contributed by atoms with E-state index in [0.717, 1.165) is 10.2 Å². The van der Waals surface area contributed by atoms with Crippen molar-refractivity contribution < 1.29 is 177 Å². The van der Waals surface area contributed by atoms with Crippen LogP contribution in [0.15, 0.2) is 71.5 Å². The third-order valence-electron chi connectivity index (χ3n) is 7.54. The number of hydrogen-bond acceptors (Lipinski definition) is 21. The Morgan fingerprint density at radius 2 is 1.25 bits per heavy atom. The molecule has 0 spiro atoms. The monoisotopic (exact) mass is 1320 g/mol. The van der Waals surface area contributed by atoms with E-state index in [-0.39, 0.29) is 150 Å². The van der Waals surface area contributed by atoms with Crippen LogP contribution in [0.5, 0.6) is 17.6 Å². The van der Waals surface area contributed by atoms with Crippen molar-refractivity contribution in [2.75, 3.05) is 26.2 Å². The summed E-state index contributed by atoms with van der Waals surface area (Å²) < 4.78 is 26.9. The Hall–Kier alpha value is -2.06. The van der Waals surface area contributed by atoms with Crippen molar-refractivity contribution in [1.82, 2.24) is 19.9 Å². The summed E-state index contributed by atoms with van der Waals surface area (Å²) >= 11 is 15.6. The van der Waals surface area contributed by atoms with Crippen molar-refractivity contribution in [2.45, 2.75) is 58.5 Å². The van der Waals surface area contributed by atoms with Gasteiger partial charge in [-0.1, -0.05) is 6.07 Å². The molecule has 68 heavy (non-hydrogen) atoms. The largest absolute Gasteiger partial charge is 1.00 e. The number of aliphatic hydroxyl groups excluding tert-OH is 1. The first-order chi connectivity index (χ1) is 30.9. The molecule has 0 fully saturated rings. The number of rotatable bonds is 7. The first-order valence-electron chi connectivity index (χ1n) is 17.9. The summed E-state index contributed by atoms with van der Waals surface area (Å²) in [6, 6.07) is 12.8. The first kappa shape index (κ1) is 68.0. The van der Waals surface area contributed by atoms with E-state index in [1.165, 1.54) is 52.3 Å². The number of amides is 1. The zero-order valence-corrected chi connectivity index (χ0v) is 51.4. The maximum Gasteiger partial charge on any atom is 1.00 e. The van der Waals surface area contributed by atoms with E-state index < -0.39 is 40.1 Å². The fourth-order valence-corrected chi connectivity index (χ4v) is 6.23. The van der Waals surface area contributed by atoms with Crippen LogP contribution >= 0.6 is 79.6 Å². The number of nitrogens with zero attached hydrogens (tertiary/aromatic N) is 7. The van der Waals surface area contributed by atoms with Crippen LogP contribution in [0.1, 0.15) is 34.7 Å². The molecule has 1 amide bonds. The third kappa shape index (κ3) is 23.9. The summed E-state index contributed by atoms with van der Waals surface area (Å²) in [7, 11) is 4.15. The number of halogens is 5. The van der Waals surface area contributed by atoms with Crippen molar-refractivity contribution in [1.29, 1.82) is 0 Å². The van der Waals surface area contributed by atoms with Gasteiger partial charge >= 0.3 is 126 Å². The number of nitro groups is 2. The van der Waals surface area contributed by atoms with Crippen molar-refractivity contribution in [3.05, 3.63) is 97.3 Å². The molecule has 4 aromatic heterocycles. The quantitative estimate of drug-likeness (QED) is 0.0469. The fraction of sp³-hybridized carbons (Fsp3) is 0.324. The number of methoxy groups -OCH3 is 2. The van der Waals surface area contributed by atoms with E-state index in [0.29, 0.717) is 37.7 Å². The van der Waals surface area contributed by atoms with Crippen LogP contribution in [0.4, 0.5) is 17.1 Å². The number of aliphatic hydroxyl groups is 1. The van der Waals surface area contributed by atoms with Crippen LogP contribution in [0.2, 0.25) is 0 Å². The van der Waals surface area contributed by atoms with E-state index in [1.807, 2.05) is 12.1 Å². The second kappa shape index (κ2) is 35.1. The van der Waals surface area contributed by atoms with Gasteiger partial charge in [0.1, 0.15) is 30.2 Å². The van der Waals surface area contributed by atoms with E-state index in [2.05, 4.69) is 114 Å². The van der Waals surface area contributed by atoms with Gasteiger partial charge in [0.2, 0.25) is 11.8 Å². The van der Waals surface area contributed by atoms with Gasteiger partial charge in [-0.2, -0.15) is 0 Å². The van der Waals surface area contributed by atoms with Crippen molar-refractivity contribution in [3.8, 4) is 17.6 Å². The van der Waals surface area contributed by atoms with E-state index in [4.69, 9.17) is 29.4 Å². The van der Waals surface area contributed by atoms with E-state index in [1.54, 1.807) is 37.9 Å². The maximum atomic E-state index is 11.5. The Kier molecular flexibility index (Phi) is 35.1. The van der Waals surface area contributed by atoms with Gasteiger partial charge in [0.15, 0.2) is 28.7 Å². The molecule has 4 aromatic rings. The topological polar surface area (TPSA) is 325 Å². The second-order valence-corrected chi connectivity index (χ2v) is 16.2. The van der Waals surface area contributed by atoms with Gasteiger partial charge in [0.05, 0.1) is 24.1 Å². The molecule has 6 rings (SSSR count). The average Bonchev–Trinajstić information content (AvgIpc) is 3.26. The number of Topliss-reactive ketones (excluding diaryl/α,β-unsaturated/α-hetero) is 1. The standard InChI is InChI=1S/C9H9BrN2O5.C9H9BrN2O2.C9H8BrNO2.C5H2Br2N2O2.C4H8O3.CH2O3.2K.H/c1-5(9(13)16-2)17-8-6(12(14)15)3-4-7(10)11-8;1-5-9(13)12(2)6-3-4-7(10)11-8(6)14-5;1-5-7(12)4-6-2-3-8(10)11-9(6)13-5;6-4-2-1-3(9(10)11)5(7)8-4;1-3(5)4(6)7-2;2-1-4-3;;;/h3-5H,1-2H3;3-5H,1-2H3;2-3,5H,4H2,1H3;1-2H;3,5H,1-2H3;1,3H;;;/q;;;;;;2*+1;-1/p-1. The zero-order valence-electron chi connectivity index (χ0n) is 38.2. The summed E-state index contributed by atoms with van der Waals surface area (Å²) in [4.78, 5) is 92.5. The molecule has 0 saturated heterocycles. The van der Waals surface area contributed by atoms with Crippen molar-refractivity contribution in [3.63, 3.8) is 0 Å². The van der Waals surface area contributed by atoms with Crippen LogP contribution in [-0.4, -0.2) is 111 Å². The molecule has 0 saturated carbocycles. The summed E-state index contributed by atoms with van der Waals surface area (Å²) in [5.74, 6) is -0.350. The Morgan fingerprint density at radius 1 is 0.794 bits per heavy atom. The molecule has 0 aromatic carbocycles.